The molecule has 19 heavy (non-hydrogen) atoms. The zero-order valence-corrected chi connectivity index (χ0v) is 12.2. The summed E-state index contributed by atoms with van der Waals surface area (Å²) in [6.45, 7) is 1.21. The van der Waals surface area contributed by atoms with Gasteiger partial charge in [0.05, 0.1) is 17.9 Å². The molecule has 2 N–H and O–H groups in total. The summed E-state index contributed by atoms with van der Waals surface area (Å²) in [6, 6.07) is 9.76. The minimum absolute atomic E-state index is 0.428. The fraction of sp³-hybridized carbons (Fsp3) is 0.231. The van der Waals surface area contributed by atoms with Crippen molar-refractivity contribution in [3.05, 3.63) is 40.9 Å². The van der Waals surface area contributed by atoms with E-state index in [4.69, 9.17) is 28.6 Å². The van der Waals surface area contributed by atoms with Gasteiger partial charge in [0.25, 0.3) is 0 Å². The smallest absolute Gasteiger partial charge is 0.187 e. The minimum Gasteiger partial charge on any atom is -0.383 e. The summed E-state index contributed by atoms with van der Waals surface area (Å²) in [5, 5.41) is 7.79. The Balaban J connectivity index is 2.36. The molecular weight excluding hydrogens is 282 g/mol. The van der Waals surface area contributed by atoms with Crippen LogP contribution in [0.25, 0.3) is 6.08 Å². The van der Waals surface area contributed by atoms with Crippen LogP contribution < -0.4 is 10.7 Å². The number of hydrazone groups is 1. The maximum absolute atomic E-state index is 6.01. The number of rotatable bonds is 6. The van der Waals surface area contributed by atoms with Crippen LogP contribution in [-0.2, 0) is 4.74 Å². The van der Waals surface area contributed by atoms with Gasteiger partial charge in [0.2, 0.25) is 0 Å². The number of hydrogen-bond acceptors (Lipinski definition) is 3. The van der Waals surface area contributed by atoms with Crippen LogP contribution in [0.5, 0.6) is 0 Å². The summed E-state index contributed by atoms with van der Waals surface area (Å²) in [4.78, 5) is 0. The normalized spacial score (nSPS) is 11.6. The molecule has 0 aliphatic rings. The van der Waals surface area contributed by atoms with Gasteiger partial charge in [0.15, 0.2) is 5.11 Å². The summed E-state index contributed by atoms with van der Waals surface area (Å²) in [5.41, 5.74) is 3.68. The first-order chi connectivity index (χ1) is 9.22. The second-order valence-electron chi connectivity index (χ2n) is 3.56. The quantitative estimate of drug-likeness (QED) is 0.366. The Bertz CT molecular complexity index is 448. The number of allylic oxidation sites excluding steroid dienone is 1. The van der Waals surface area contributed by atoms with Gasteiger partial charge in [-0.1, -0.05) is 41.9 Å². The van der Waals surface area contributed by atoms with Gasteiger partial charge in [0.1, 0.15) is 0 Å². The summed E-state index contributed by atoms with van der Waals surface area (Å²) >= 11 is 11.0. The summed E-state index contributed by atoms with van der Waals surface area (Å²) < 4.78 is 4.88. The van der Waals surface area contributed by atoms with Crippen molar-refractivity contribution in [2.45, 2.75) is 0 Å². The highest BCUT2D eigenvalue weighted by molar-refractivity contribution is 7.80. The van der Waals surface area contributed by atoms with E-state index in [-0.39, 0.29) is 0 Å². The van der Waals surface area contributed by atoms with Crippen LogP contribution in [0.3, 0.4) is 0 Å². The van der Waals surface area contributed by atoms with Crippen molar-refractivity contribution in [2.75, 3.05) is 20.3 Å². The van der Waals surface area contributed by atoms with E-state index in [0.29, 0.717) is 23.3 Å². The number of methoxy groups -OCH3 is 1. The molecule has 0 spiro atoms. The number of nitrogens with zero attached hydrogens (tertiary/aromatic N) is 1. The number of thiocarbonyl (C=S) groups is 1. The van der Waals surface area contributed by atoms with Gasteiger partial charge in [0, 0.05) is 13.7 Å². The van der Waals surface area contributed by atoms with Crippen molar-refractivity contribution in [2.24, 2.45) is 5.10 Å². The van der Waals surface area contributed by atoms with E-state index < -0.39 is 0 Å². The number of halogens is 1. The van der Waals surface area contributed by atoms with Crippen LogP contribution in [0.15, 0.2) is 40.5 Å². The molecule has 102 valence electrons. The Morgan fingerprint density at radius 2 is 2.16 bits per heavy atom. The van der Waals surface area contributed by atoms with Crippen molar-refractivity contribution >= 4 is 41.2 Å². The minimum atomic E-state index is 0.428. The molecule has 0 aliphatic carbocycles. The van der Waals surface area contributed by atoms with E-state index in [1.165, 1.54) is 6.21 Å². The fourth-order valence-corrected chi connectivity index (χ4v) is 1.53. The molecular formula is C13H16ClN3OS. The largest absolute Gasteiger partial charge is 0.383 e. The molecule has 6 heteroatoms. The number of ether oxygens (including phenoxy) is 1. The molecule has 0 radical (unpaired) electrons. The lowest BCUT2D eigenvalue weighted by atomic mass is 10.2. The first-order valence-electron chi connectivity index (χ1n) is 5.70. The predicted octanol–water partition coefficient (Wildman–Crippen LogP) is 2.36. The second kappa shape index (κ2) is 9.49. The van der Waals surface area contributed by atoms with Gasteiger partial charge < -0.3 is 10.1 Å². The molecule has 0 heterocycles. The molecule has 0 saturated carbocycles. The Labute approximate surface area is 123 Å². The van der Waals surface area contributed by atoms with Gasteiger partial charge in [-0.05, 0) is 23.9 Å². The van der Waals surface area contributed by atoms with Crippen LogP contribution in [-0.4, -0.2) is 31.6 Å². The molecule has 0 saturated heterocycles. The molecule has 1 rings (SSSR count). The lowest BCUT2D eigenvalue weighted by molar-refractivity contribution is 0.204. The van der Waals surface area contributed by atoms with E-state index in [2.05, 4.69) is 15.8 Å². The van der Waals surface area contributed by atoms with Gasteiger partial charge in [-0.25, -0.2) is 0 Å². The number of hydrogen-bond donors (Lipinski definition) is 2. The highest BCUT2D eigenvalue weighted by Crippen LogP contribution is 2.07. The molecule has 0 unspecified atom stereocenters. The Hall–Kier alpha value is -1.43. The van der Waals surface area contributed by atoms with Gasteiger partial charge in [-0.3, -0.25) is 5.43 Å². The average Bonchev–Trinajstić information content (AvgIpc) is 2.40. The highest BCUT2D eigenvalue weighted by Gasteiger charge is 1.92. The average molecular weight is 298 g/mol. The highest BCUT2D eigenvalue weighted by atomic mass is 35.5. The third-order valence-electron chi connectivity index (χ3n) is 2.05. The van der Waals surface area contributed by atoms with Crippen molar-refractivity contribution in [1.29, 1.82) is 0 Å². The van der Waals surface area contributed by atoms with Crippen molar-refractivity contribution in [3.63, 3.8) is 0 Å². The van der Waals surface area contributed by atoms with Crippen molar-refractivity contribution in [1.82, 2.24) is 10.7 Å². The molecule has 0 aromatic heterocycles. The zero-order chi connectivity index (χ0) is 13.9. The number of nitrogens with one attached hydrogen (secondary N) is 2. The Kier molecular flexibility index (Phi) is 7.81. The summed E-state index contributed by atoms with van der Waals surface area (Å²) in [6.07, 6.45) is 3.31. The van der Waals surface area contributed by atoms with Crippen LogP contribution >= 0.6 is 23.8 Å². The molecule has 4 nitrogen and oxygen atoms in total. The molecule has 0 atom stereocenters. The monoisotopic (exact) mass is 297 g/mol. The molecule has 1 aromatic carbocycles. The van der Waals surface area contributed by atoms with Gasteiger partial charge >= 0.3 is 0 Å². The predicted molar refractivity (Wildman–Crippen MR) is 84.4 cm³/mol. The lowest BCUT2D eigenvalue weighted by Gasteiger charge is -2.05. The van der Waals surface area contributed by atoms with E-state index >= 15 is 0 Å². The third-order valence-corrected chi connectivity index (χ3v) is 2.49. The molecule has 0 amide bonds. The maximum atomic E-state index is 6.01. The standard InChI is InChI=1S/C13H16ClN3OS/c1-18-8-7-15-13(19)17-16-10-12(14)9-11-5-3-2-4-6-11/h2-6,9-10H,7-8H2,1H3,(H2,15,17,19)/b12-9-,16-10-. The Morgan fingerprint density at radius 3 is 2.84 bits per heavy atom. The molecule has 0 aliphatic heterocycles. The fourth-order valence-electron chi connectivity index (χ4n) is 1.20. The van der Waals surface area contributed by atoms with Crippen LogP contribution in [0.2, 0.25) is 0 Å². The van der Waals surface area contributed by atoms with E-state index in [0.717, 1.165) is 5.56 Å². The SMILES string of the molecule is COCCNC(=S)N/N=C\C(Cl)=C\c1ccccc1. The van der Waals surface area contributed by atoms with Crippen molar-refractivity contribution in [3.8, 4) is 0 Å². The van der Waals surface area contributed by atoms with E-state index in [1.54, 1.807) is 7.11 Å². The first-order valence-corrected chi connectivity index (χ1v) is 6.49. The Morgan fingerprint density at radius 1 is 1.42 bits per heavy atom. The van der Waals surface area contributed by atoms with Gasteiger partial charge in [-0.2, -0.15) is 5.10 Å². The zero-order valence-electron chi connectivity index (χ0n) is 10.6. The first kappa shape index (κ1) is 15.6. The molecule has 0 fully saturated rings. The summed E-state index contributed by atoms with van der Waals surface area (Å²) in [7, 11) is 1.63. The van der Waals surface area contributed by atoms with E-state index in [9.17, 15) is 0 Å². The van der Waals surface area contributed by atoms with Crippen LogP contribution in [0.4, 0.5) is 0 Å². The topological polar surface area (TPSA) is 45.6 Å². The number of benzene rings is 1. The van der Waals surface area contributed by atoms with Gasteiger partial charge in [-0.15, -0.1) is 0 Å². The van der Waals surface area contributed by atoms with Crippen LogP contribution in [0, 0.1) is 0 Å². The molecule has 1 aromatic rings. The maximum Gasteiger partial charge on any atom is 0.187 e. The summed E-state index contributed by atoms with van der Waals surface area (Å²) in [5.74, 6) is 0. The van der Waals surface area contributed by atoms with E-state index in [1.807, 2.05) is 36.4 Å². The van der Waals surface area contributed by atoms with Crippen molar-refractivity contribution < 1.29 is 4.74 Å². The lowest BCUT2D eigenvalue weighted by Crippen LogP contribution is -2.34. The third kappa shape index (κ3) is 7.56. The molecule has 0 bridgehead atoms. The second-order valence-corrected chi connectivity index (χ2v) is 4.40. The van der Waals surface area contributed by atoms with Crippen LogP contribution in [0.1, 0.15) is 5.56 Å².